The Morgan fingerprint density at radius 1 is 1.06 bits per heavy atom. The van der Waals surface area contributed by atoms with E-state index in [4.69, 9.17) is 44.3 Å². The summed E-state index contributed by atoms with van der Waals surface area (Å²) in [7, 11) is -2.78. The lowest BCUT2D eigenvalue weighted by molar-refractivity contribution is -0.142. The number of urea groups is 1. The zero-order valence-electron chi connectivity index (χ0n) is 25.8. The highest BCUT2D eigenvalue weighted by molar-refractivity contribution is 7.90. The predicted molar refractivity (Wildman–Crippen MR) is 171 cm³/mol. The van der Waals surface area contributed by atoms with E-state index in [0.29, 0.717) is 10.5 Å². The summed E-state index contributed by atoms with van der Waals surface area (Å²) in [6.45, 7) is 1.37. The molecule has 0 saturated carbocycles. The van der Waals surface area contributed by atoms with Crippen molar-refractivity contribution in [3.63, 3.8) is 0 Å². The number of carbonyl (C=O) groups is 2. The van der Waals surface area contributed by atoms with Gasteiger partial charge in [0.2, 0.25) is 5.95 Å². The molecule has 2 amide bonds. The van der Waals surface area contributed by atoms with Crippen LogP contribution in [0.2, 0.25) is 10.0 Å². The van der Waals surface area contributed by atoms with Crippen LogP contribution < -0.4 is 20.5 Å². The van der Waals surface area contributed by atoms with E-state index in [9.17, 15) is 36.0 Å². The van der Waals surface area contributed by atoms with E-state index >= 15 is 0 Å². The minimum absolute atomic E-state index is 0.00882. The molecule has 2 aromatic heterocycles. The fourth-order valence-electron chi connectivity index (χ4n) is 3.84. The summed E-state index contributed by atoms with van der Waals surface area (Å²) >= 11 is 17.7. The van der Waals surface area contributed by atoms with E-state index in [1.54, 1.807) is 19.9 Å². The van der Waals surface area contributed by atoms with Crippen molar-refractivity contribution in [1.29, 1.82) is 0 Å². The smallest absolute Gasteiger partial charge is 0.355 e. The Morgan fingerprint density at radius 3 is 2.33 bits per heavy atom. The van der Waals surface area contributed by atoms with Gasteiger partial charge in [-0.2, -0.15) is 28.4 Å². The number of aryl methyl sites for hydroxylation is 2. The molecule has 49 heavy (non-hydrogen) atoms. The molecule has 2 heterocycles. The van der Waals surface area contributed by atoms with Crippen LogP contribution in [0.1, 0.15) is 30.7 Å². The quantitative estimate of drug-likeness (QED) is 0.170. The van der Waals surface area contributed by atoms with Gasteiger partial charge in [-0.15, -0.1) is 16.7 Å². The average Bonchev–Trinajstić information content (AvgIpc) is 3.31. The molecule has 0 bridgehead atoms. The van der Waals surface area contributed by atoms with Crippen LogP contribution in [0.3, 0.4) is 0 Å². The SMILES string of the molecule is CCOC(=O)C(Cl)Cc1cc(-n2nc(C)n(C(F)F)c2=O)c(F)cc1Cl.COc1nc(C)nc(NC(=O)NS(=O)(=O)c2ccccc2Cl)n1. The molecular formula is C27H26Cl3F3N8O7S. The summed E-state index contributed by atoms with van der Waals surface area (Å²) in [5.74, 6) is -1.78. The average molecular weight is 770 g/mol. The molecule has 0 aliphatic heterocycles. The van der Waals surface area contributed by atoms with Crippen molar-refractivity contribution in [3.05, 3.63) is 80.0 Å². The predicted octanol–water partition coefficient (Wildman–Crippen LogP) is 4.60. The van der Waals surface area contributed by atoms with E-state index in [1.807, 2.05) is 4.72 Å². The number of sulfonamides is 1. The fraction of sp³-hybridized carbons (Fsp3) is 0.296. The van der Waals surface area contributed by atoms with Crippen LogP contribution in [0.25, 0.3) is 5.69 Å². The van der Waals surface area contributed by atoms with Crippen molar-refractivity contribution in [2.75, 3.05) is 19.0 Å². The van der Waals surface area contributed by atoms with Crippen LogP contribution in [0.5, 0.6) is 6.01 Å². The molecule has 2 N–H and O–H groups in total. The van der Waals surface area contributed by atoms with Crippen LogP contribution in [0, 0.1) is 19.7 Å². The minimum atomic E-state index is -4.13. The molecule has 0 spiro atoms. The maximum atomic E-state index is 14.2. The molecule has 4 aromatic rings. The molecule has 15 nitrogen and oxygen atoms in total. The molecule has 2 aromatic carbocycles. The van der Waals surface area contributed by atoms with Gasteiger partial charge in [-0.25, -0.2) is 31.7 Å². The van der Waals surface area contributed by atoms with Crippen molar-refractivity contribution in [3.8, 4) is 11.7 Å². The zero-order chi connectivity index (χ0) is 36.6. The molecule has 1 atom stereocenters. The third-order valence-corrected chi connectivity index (χ3v) is 8.46. The van der Waals surface area contributed by atoms with Crippen molar-refractivity contribution in [2.45, 2.75) is 44.0 Å². The number of esters is 1. The van der Waals surface area contributed by atoms with Crippen molar-refractivity contribution in [1.82, 2.24) is 34.0 Å². The van der Waals surface area contributed by atoms with Crippen molar-refractivity contribution < 1.29 is 40.7 Å². The van der Waals surface area contributed by atoms with Crippen LogP contribution in [-0.4, -0.2) is 68.8 Å². The summed E-state index contributed by atoms with van der Waals surface area (Å²) in [5.41, 5.74) is -1.37. The number of anilines is 1. The third kappa shape index (κ3) is 10.0. The number of halogens is 6. The van der Waals surface area contributed by atoms with E-state index in [2.05, 4.69) is 25.4 Å². The molecule has 0 saturated heterocycles. The lowest BCUT2D eigenvalue weighted by atomic mass is 10.1. The highest BCUT2D eigenvalue weighted by atomic mass is 35.5. The van der Waals surface area contributed by atoms with Crippen LogP contribution in [0.4, 0.5) is 23.9 Å². The van der Waals surface area contributed by atoms with Gasteiger partial charge < -0.3 is 9.47 Å². The van der Waals surface area contributed by atoms with Crippen LogP contribution in [0.15, 0.2) is 46.1 Å². The van der Waals surface area contributed by atoms with Crippen LogP contribution >= 0.6 is 34.8 Å². The summed E-state index contributed by atoms with van der Waals surface area (Å²) < 4.78 is 76.4. The standard InChI is InChI=1S/C15H14Cl2F3N3O3.C12H12ClN5O4S/c1-3-26-13(24)10(17)4-8-5-12(11(18)6-9(8)16)23-15(25)22(14(19)20)7(2)21-23;1-7-14-10(17-12(15-7)22-2)16-11(19)18-23(20,21)9-6-4-3-5-8(9)13/h5-6,10,14H,3-4H2,1-2H3;3-6H,1-2H3,(H2,14,15,16,17,18,19). The van der Waals surface area contributed by atoms with Gasteiger partial charge in [-0.1, -0.05) is 35.3 Å². The molecular weight excluding hydrogens is 744 g/mol. The molecule has 0 fully saturated rings. The third-order valence-electron chi connectivity index (χ3n) is 5.95. The maximum Gasteiger partial charge on any atom is 0.355 e. The minimum Gasteiger partial charge on any atom is -0.467 e. The van der Waals surface area contributed by atoms with Gasteiger partial charge in [0, 0.05) is 11.4 Å². The van der Waals surface area contributed by atoms with Gasteiger partial charge in [-0.05, 0) is 50.6 Å². The number of hydrogen-bond acceptors (Lipinski definition) is 11. The van der Waals surface area contributed by atoms with Crippen molar-refractivity contribution in [2.24, 2.45) is 0 Å². The molecule has 264 valence electrons. The topological polar surface area (TPSA) is 189 Å². The molecule has 0 aliphatic rings. The number of benzene rings is 2. The molecule has 22 heteroatoms. The molecule has 4 rings (SSSR count). The summed E-state index contributed by atoms with van der Waals surface area (Å²) in [5, 5.41) is 4.70. The Balaban J connectivity index is 0.000000267. The number of nitrogens with zero attached hydrogens (tertiary/aromatic N) is 6. The van der Waals surface area contributed by atoms with E-state index in [0.717, 1.165) is 12.1 Å². The number of amides is 2. The second-order valence-electron chi connectivity index (χ2n) is 9.39. The largest absolute Gasteiger partial charge is 0.467 e. The monoisotopic (exact) mass is 768 g/mol. The van der Waals surface area contributed by atoms with Crippen molar-refractivity contribution >= 4 is 62.8 Å². The first-order valence-electron chi connectivity index (χ1n) is 13.6. The first-order valence-corrected chi connectivity index (χ1v) is 16.3. The van der Waals surface area contributed by atoms with Gasteiger partial charge in [-0.3, -0.25) is 10.1 Å². The van der Waals surface area contributed by atoms with Gasteiger partial charge in [0.05, 0.1) is 18.7 Å². The Hall–Kier alpha value is -4.46. The number of hydrogen-bond donors (Lipinski definition) is 2. The van der Waals surface area contributed by atoms with Gasteiger partial charge in [0.25, 0.3) is 10.0 Å². The summed E-state index contributed by atoms with van der Waals surface area (Å²) in [4.78, 5) is 46.8. The summed E-state index contributed by atoms with van der Waals surface area (Å²) in [6.07, 6.45) is -0.115. The van der Waals surface area contributed by atoms with Gasteiger partial charge in [0.15, 0.2) is 5.82 Å². The van der Waals surface area contributed by atoms with E-state index in [-0.39, 0.29) is 61.6 Å². The van der Waals surface area contributed by atoms with Crippen LogP contribution in [-0.2, 0) is 26.0 Å². The number of carbonyl (C=O) groups excluding carboxylic acids is 2. The Morgan fingerprint density at radius 2 is 1.73 bits per heavy atom. The second-order valence-corrected chi connectivity index (χ2v) is 12.4. The maximum absolute atomic E-state index is 14.2. The number of rotatable bonds is 10. The van der Waals surface area contributed by atoms with E-state index < -0.39 is 45.5 Å². The number of aromatic nitrogens is 6. The highest BCUT2D eigenvalue weighted by Gasteiger charge is 2.24. The molecule has 0 aliphatic carbocycles. The van der Waals surface area contributed by atoms with Gasteiger partial charge >= 0.3 is 30.3 Å². The molecule has 1 unspecified atom stereocenters. The Kier molecular flexibility index (Phi) is 13.3. The second kappa shape index (κ2) is 16.8. The van der Waals surface area contributed by atoms with Gasteiger partial charge in [0.1, 0.15) is 27.6 Å². The highest BCUT2D eigenvalue weighted by Crippen LogP contribution is 2.26. The number of ether oxygens (including phenoxy) is 2. The normalized spacial score (nSPS) is 11.7. The first kappa shape index (κ1) is 39.0. The molecule has 0 radical (unpaired) electrons. The number of alkyl halides is 3. The fourth-order valence-corrected chi connectivity index (χ4v) is 5.72. The first-order chi connectivity index (χ1) is 23.0. The summed E-state index contributed by atoms with van der Waals surface area (Å²) in [6, 6.07) is 6.70. The Bertz CT molecular complexity index is 2020. The number of nitrogens with one attached hydrogen (secondary N) is 2. The number of methoxy groups -OCH3 is 1. The lowest BCUT2D eigenvalue weighted by Gasteiger charge is -2.12. The zero-order valence-corrected chi connectivity index (χ0v) is 28.8. The lowest BCUT2D eigenvalue weighted by Crippen LogP contribution is -2.35. The van der Waals surface area contributed by atoms with E-state index in [1.165, 1.54) is 32.2 Å². The Labute approximate surface area is 291 Å².